The Balaban J connectivity index is 1.75. The predicted octanol–water partition coefficient (Wildman–Crippen LogP) is 3.18. The molecule has 0 unspecified atom stereocenters. The summed E-state index contributed by atoms with van der Waals surface area (Å²) in [5.41, 5.74) is 3.96. The van der Waals surface area contributed by atoms with Gasteiger partial charge in [-0.1, -0.05) is 6.08 Å². The van der Waals surface area contributed by atoms with Gasteiger partial charge in [0.05, 0.1) is 11.9 Å². The molecule has 4 heterocycles. The Hall–Kier alpha value is -4.24. The SMILES string of the molecule is CN(C)CC=CC(=O)N(C)c1cncc(-c2cnc3c(c2)c(-c2ccnc(C#N)c2)cn3COP(=O)(O)O)c1. The topological polar surface area (TPSA) is 158 Å². The minimum atomic E-state index is -4.73. The van der Waals surface area contributed by atoms with Crippen LogP contribution < -0.4 is 4.90 Å². The number of phosphoric acid groups is 1. The third-order valence-corrected chi connectivity index (χ3v) is 6.22. The number of nitrogens with zero attached hydrogens (tertiary/aromatic N) is 7. The van der Waals surface area contributed by atoms with Crippen LogP contribution in [0.2, 0.25) is 0 Å². The second-order valence-corrected chi connectivity index (χ2v) is 10.1. The average molecular weight is 548 g/mol. The van der Waals surface area contributed by atoms with Crippen molar-refractivity contribution in [2.75, 3.05) is 32.6 Å². The van der Waals surface area contributed by atoms with Crippen LogP contribution in [0.3, 0.4) is 0 Å². The van der Waals surface area contributed by atoms with Crippen LogP contribution in [-0.2, 0) is 20.6 Å². The normalized spacial score (nSPS) is 11.8. The third-order valence-electron chi connectivity index (χ3n) is 5.77. The van der Waals surface area contributed by atoms with Gasteiger partial charge in [-0.3, -0.25) is 14.3 Å². The van der Waals surface area contributed by atoms with Gasteiger partial charge in [-0.2, -0.15) is 5.26 Å². The van der Waals surface area contributed by atoms with Crippen LogP contribution in [-0.4, -0.2) is 67.8 Å². The Morgan fingerprint density at radius 2 is 1.90 bits per heavy atom. The molecule has 4 aromatic rings. The van der Waals surface area contributed by atoms with Gasteiger partial charge in [0.15, 0.2) is 0 Å². The van der Waals surface area contributed by atoms with Gasteiger partial charge in [-0.05, 0) is 43.9 Å². The highest BCUT2D eigenvalue weighted by molar-refractivity contribution is 7.46. The second kappa shape index (κ2) is 11.7. The van der Waals surface area contributed by atoms with Gasteiger partial charge < -0.3 is 24.2 Å². The van der Waals surface area contributed by atoms with Crippen LogP contribution >= 0.6 is 7.82 Å². The zero-order valence-electron chi connectivity index (χ0n) is 21.5. The highest BCUT2D eigenvalue weighted by Gasteiger charge is 2.19. The molecule has 4 rings (SSSR count). The van der Waals surface area contributed by atoms with E-state index in [-0.39, 0.29) is 11.6 Å². The molecule has 12 nitrogen and oxygen atoms in total. The lowest BCUT2D eigenvalue weighted by molar-refractivity contribution is -0.113. The number of fused-ring (bicyclic) bond motifs is 1. The van der Waals surface area contributed by atoms with Crippen LogP contribution in [0.15, 0.2) is 67.4 Å². The fraction of sp³-hybridized carbons (Fsp3) is 0.192. The van der Waals surface area contributed by atoms with E-state index in [1.54, 1.807) is 50.0 Å². The Labute approximate surface area is 224 Å². The molecule has 13 heteroatoms. The van der Waals surface area contributed by atoms with Crippen molar-refractivity contribution in [3.8, 4) is 28.3 Å². The van der Waals surface area contributed by atoms with E-state index in [4.69, 9.17) is 4.52 Å². The molecule has 0 spiro atoms. The first-order valence-electron chi connectivity index (χ1n) is 11.7. The van der Waals surface area contributed by atoms with Crippen molar-refractivity contribution in [1.82, 2.24) is 24.4 Å². The molecule has 0 atom stereocenters. The van der Waals surface area contributed by atoms with Gasteiger partial charge in [-0.15, -0.1) is 0 Å². The summed E-state index contributed by atoms with van der Waals surface area (Å²) >= 11 is 0. The second-order valence-electron chi connectivity index (χ2n) is 8.89. The lowest BCUT2D eigenvalue weighted by atomic mass is 10.0. The van der Waals surface area contributed by atoms with Crippen molar-refractivity contribution in [3.05, 3.63) is 73.1 Å². The number of nitriles is 1. The molecule has 0 aliphatic carbocycles. The van der Waals surface area contributed by atoms with Crippen LogP contribution in [0.4, 0.5) is 5.69 Å². The smallest absolute Gasteiger partial charge is 0.310 e. The molecule has 1 amide bonds. The minimum Gasteiger partial charge on any atom is -0.310 e. The van der Waals surface area contributed by atoms with Gasteiger partial charge in [0.1, 0.15) is 24.1 Å². The molecule has 0 aliphatic heterocycles. The maximum atomic E-state index is 12.6. The highest BCUT2D eigenvalue weighted by Crippen LogP contribution is 2.38. The number of carbonyl (C=O) groups is 1. The minimum absolute atomic E-state index is 0.195. The summed E-state index contributed by atoms with van der Waals surface area (Å²) in [4.78, 5) is 47.3. The van der Waals surface area contributed by atoms with E-state index in [2.05, 4.69) is 15.0 Å². The summed E-state index contributed by atoms with van der Waals surface area (Å²) < 4.78 is 17.5. The zero-order valence-corrected chi connectivity index (χ0v) is 22.4. The molecule has 0 saturated carbocycles. The van der Waals surface area contributed by atoms with Crippen LogP contribution in [0.25, 0.3) is 33.3 Å². The van der Waals surface area contributed by atoms with E-state index in [0.717, 1.165) is 0 Å². The first kappa shape index (κ1) is 27.8. The number of anilines is 1. The number of carbonyl (C=O) groups excluding carboxylic acids is 1. The molecule has 0 saturated heterocycles. The van der Waals surface area contributed by atoms with E-state index >= 15 is 0 Å². The summed E-state index contributed by atoms with van der Waals surface area (Å²) in [5, 5.41) is 9.95. The summed E-state index contributed by atoms with van der Waals surface area (Å²) in [7, 11) is 0.770. The number of amides is 1. The van der Waals surface area contributed by atoms with E-state index < -0.39 is 14.6 Å². The summed E-state index contributed by atoms with van der Waals surface area (Å²) in [5.74, 6) is -0.195. The van der Waals surface area contributed by atoms with Gasteiger partial charge >= 0.3 is 7.82 Å². The lowest BCUT2D eigenvalue weighted by Gasteiger charge is -2.16. The highest BCUT2D eigenvalue weighted by atomic mass is 31.2. The van der Waals surface area contributed by atoms with Crippen LogP contribution in [0.1, 0.15) is 5.69 Å². The summed E-state index contributed by atoms with van der Waals surface area (Å²) in [6.07, 6.45) is 11.3. The monoisotopic (exact) mass is 547 g/mol. The maximum absolute atomic E-state index is 12.6. The fourth-order valence-electron chi connectivity index (χ4n) is 3.83. The predicted molar refractivity (Wildman–Crippen MR) is 145 cm³/mol. The van der Waals surface area contributed by atoms with Crippen LogP contribution in [0, 0.1) is 11.3 Å². The Morgan fingerprint density at radius 1 is 1.13 bits per heavy atom. The molecule has 0 radical (unpaired) electrons. The summed E-state index contributed by atoms with van der Waals surface area (Å²) in [6, 6.07) is 9.03. The molecular weight excluding hydrogens is 521 g/mol. The molecule has 0 bridgehead atoms. The Kier molecular flexibility index (Phi) is 8.30. The van der Waals surface area contributed by atoms with Crippen molar-refractivity contribution < 1.29 is 23.7 Å². The largest absolute Gasteiger partial charge is 0.471 e. The third kappa shape index (κ3) is 6.80. The van der Waals surface area contributed by atoms with Crippen LogP contribution in [0.5, 0.6) is 0 Å². The molecule has 39 heavy (non-hydrogen) atoms. The summed E-state index contributed by atoms with van der Waals surface area (Å²) in [6.45, 7) is 0.201. The molecule has 0 aliphatic rings. The van der Waals surface area contributed by atoms with E-state index in [0.29, 0.717) is 45.5 Å². The number of phosphoric ester groups is 1. The zero-order chi connectivity index (χ0) is 28.2. The lowest BCUT2D eigenvalue weighted by Crippen LogP contribution is -2.24. The molecule has 200 valence electrons. The number of aromatic nitrogens is 4. The van der Waals surface area contributed by atoms with E-state index in [1.807, 2.05) is 37.2 Å². The van der Waals surface area contributed by atoms with Crippen molar-refractivity contribution in [3.63, 3.8) is 0 Å². The van der Waals surface area contributed by atoms with Crippen molar-refractivity contribution in [2.24, 2.45) is 0 Å². The standard InChI is InChI=1S/C26H26N7O5P/c1-31(2)8-4-5-25(34)32(3)22-10-19(13-28-15-22)20-11-23-24(18-6-7-29-21(9-18)12-27)16-33(26(23)30-14-20)17-38-39(35,36)37/h4-7,9-11,13-16H,8,17H2,1-3H3,(H2,35,36,37). The Morgan fingerprint density at radius 3 is 2.62 bits per heavy atom. The first-order chi connectivity index (χ1) is 18.6. The van der Waals surface area contributed by atoms with Crippen molar-refractivity contribution in [1.29, 1.82) is 5.26 Å². The molecule has 4 aromatic heterocycles. The number of hydrogen-bond donors (Lipinski definition) is 2. The van der Waals surface area contributed by atoms with E-state index in [9.17, 15) is 24.4 Å². The van der Waals surface area contributed by atoms with Gasteiger partial charge in [0.2, 0.25) is 5.91 Å². The number of likely N-dealkylation sites (N-methyl/N-ethyl adjacent to an activating group) is 2. The Bertz CT molecular complexity index is 1640. The maximum Gasteiger partial charge on any atom is 0.471 e. The van der Waals surface area contributed by atoms with Crippen molar-refractivity contribution >= 4 is 30.5 Å². The average Bonchev–Trinajstić information content (AvgIpc) is 3.29. The van der Waals surface area contributed by atoms with Crippen molar-refractivity contribution in [2.45, 2.75) is 6.73 Å². The van der Waals surface area contributed by atoms with Gasteiger partial charge in [-0.25, -0.2) is 14.5 Å². The fourth-order valence-corrected chi connectivity index (χ4v) is 4.10. The first-order valence-corrected chi connectivity index (χ1v) is 13.2. The number of pyridine rings is 3. The van der Waals surface area contributed by atoms with Gasteiger partial charge in [0, 0.05) is 66.5 Å². The quantitative estimate of drug-likeness (QED) is 0.235. The molecule has 0 aromatic carbocycles. The van der Waals surface area contributed by atoms with E-state index in [1.165, 1.54) is 21.7 Å². The number of hydrogen-bond acceptors (Lipinski definition) is 8. The molecule has 0 fully saturated rings. The molecule has 2 N–H and O–H groups in total. The van der Waals surface area contributed by atoms with Gasteiger partial charge in [0.25, 0.3) is 0 Å². The number of rotatable bonds is 9. The molecular formula is C26H26N7O5P.